The predicted octanol–water partition coefficient (Wildman–Crippen LogP) is 13.3. The van der Waals surface area contributed by atoms with Crippen LogP contribution in [0.2, 0.25) is 0 Å². The van der Waals surface area contributed by atoms with E-state index in [9.17, 15) is 40.5 Å². The second kappa shape index (κ2) is 52.7. The highest BCUT2D eigenvalue weighted by molar-refractivity contribution is 5.69. The number of aliphatic hydroxyl groups is 7. The van der Waals surface area contributed by atoms with E-state index in [0.29, 0.717) is 13.0 Å². The van der Waals surface area contributed by atoms with Gasteiger partial charge in [-0.25, -0.2) is 0 Å². The number of hydrogen-bond acceptors (Lipinski definition) is 14. The molecule has 14 heteroatoms. The molecule has 0 saturated carbocycles. The summed E-state index contributed by atoms with van der Waals surface area (Å²) in [6.45, 7) is 3.71. The fourth-order valence-corrected chi connectivity index (χ4v) is 10.6. The van der Waals surface area contributed by atoms with E-state index < -0.39 is 80.7 Å². The highest BCUT2D eigenvalue weighted by atomic mass is 16.7. The molecule has 0 radical (unpaired) electrons. The van der Waals surface area contributed by atoms with Crippen molar-refractivity contribution in [3.63, 3.8) is 0 Å². The summed E-state index contributed by atoms with van der Waals surface area (Å²) in [5, 5.41) is 72.5. The lowest BCUT2D eigenvalue weighted by molar-refractivity contribution is -0.332. The molecule has 11 atom stereocenters. The monoisotopic (exact) mass is 1140 g/mol. The predicted molar refractivity (Wildman–Crippen MR) is 321 cm³/mol. The van der Waals surface area contributed by atoms with Gasteiger partial charge < -0.3 is 64.2 Å². The van der Waals surface area contributed by atoms with Crippen LogP contribution in [0.15, 0.2) is 36.5 Å². The van der Waals surface area contributed by atoms with E-state index in [4.69, 9.17) is 28.4 Å². The second-order valence-corrected chi connectivity index (χ2v) is 23.3. The van der Waals surface area contributed by atoms with Gasteiger partial charge in [-0.3, -0.25) is 4.79 Å². The standard InChI is InChI=1S/C66H122O14/c1-3-5-7-9-11-13-15-17-19-21-23-25-27-28-29-31-33-35-37-39-41-43-45-47-49-58(68)78-55(52-75-50-48-46-44-42-40-38-36-34-32-30-26-24-22-20-18-16-14-12-10-8-6-4-2)53-76-65-64(74)62(72)60(70)57(80-65)54-77-66-63(73)61(71)59(69)56(51-67)79-66/h16,18,22,24,30,32,55-57,59-67,69-74H,3-15,17,19-21,23,25-29,31,33-54H2,1-2H3/b18-16-,24-22-,32-30-. The van der Waals surface area contributed by atoms with Gasteiger partial charge >= 0.3 is 5.97 Å². The van der Waals surface area contributed by atoms with Gasteiger partial charge in [-0.1, -0.05) is 256 Å². The molecule has 14 nitrogen and oxygen atoms in total. The normalized spacial score (nSPS) is 24.0. The van der Waals surface area contributed by atoms with Crippen molar-refractivity contribution in [1.29, 1.82) is 0 Å². The number of rotatable bonds is 55. The average molecular weight is 1140 g/mol. The maximum atomic E-state index is 13.1. The summed E-state index contributed by atoms with van der Waals surface area (Å²) in [5.74, 6) is -0.373. The number of aliphatic hydroxyl groups excluding tert-OH is 7. The van der Waals surface area contributed by atoms with Crippen molar-refractivity contribution in [3.05, 3.63) is 36.5 Å². The van der Waals surface area contributed by atoms with Crippen LogP contribution in [0.25, 0.3) is 0 Å². The Morgan fingerprint density at radius 2 is 0.775 bits per heavy atom. The van der Waals surface area contributed by atoms with Crippen molar-refractivity contribution in [1.82, 2.24) is 0 Å². The summed E-state index contributed by atoms with van der Waals surface area (Å²) in [5.41, 5.74) is 0. The highest BCUT2D eigenvalue weighted by Crippen LogP contribution is 2.27. The molecule has 7 N–H and O–H groups in total. The molecule has 0 amide bonds. The lowest BCUT2D eigenvalue weighted by atomic mass is 9.98. The van der Waals surface area contributed by atoms with Crippen molar-refractivity contribution in [2.45, 2.75) is 345 Å². The molecule has 2 rings (SSSR count). The van der Waals surface area contributed by atoms with Gasteiger partial charge in [0.1, 0.15) is 54.9 Å². The van der Waals surface area contributed by atoms with Gasteiger partial charge in [0.25, 0.3) is 0 Å². The van der Waals surface area contributed by atoms with Crippen molar-refractivity contribution in [3.8, 4) is 0 Å². The topological polar surface area (TPSA) is 214 Å². The van der Waals surface area contributed by atoms with Crippen LogP contribution in [-0.4, -0.2) is 142 Å². The molecule has 0 aromatic carbocycles. The van der Waals surface area contributed by atoms with Crippen LogP contribution < -0.4 is 0 Å². The van der Waals surface area contributed by atoms with E-state index >= 15 is 0 Å². The third-order valence-corrected chi connectivity index (χ3v) is 15.9. The Morgan fingerprint density at radius 1 is 0.412 bits per heavy atom. The summed E-state index contributed by atoms with van der Waals surface area (Å²) < 4.78 is 34.5. The number of unbranched alkanes of at least 4 members (excludes halogenated alkanes) is 35. The largest absolute Gasteiger partial charge is 0.457 e. The number of allylic oxidation sites excluding steroid dienone is 6. The zero-order chi connectivity index (χ0) is 57.9. The zero-order valence-electron chi connectivity index (χ0n) is 50.8. The average Bonchev–Trinajstić information content (AvgIpc) is 3.52. The van der Waals surface area contributed by atoms with Gasteiger partial charge in [-0.2, -0.15) is 0 Å². The van der Waals surface area contributed by atoms with Crippen LogP contribution in [0.3, 0.4) is 0 Å². The van der Waals surface area contributed by atoms with E-state index in [0.717, 1.165) is 57.8 Å². The third-order valence-electron chi connectivity index (χ3n) is 15.9. The summed E-state index contributed by atoms with van der Waals surface area (Å²) >= 11 is 0. The molecular weight excluding hydrogens is 1020 g/mol. The minimum absolute atomic E-state index is 0.0580. The molecule has 0 bridgehead atoms. The Bertz CT molecular complexity index is 1460. The van der Waals surface area contributed by atoms with E-state index in [-0.39, 0.29) is 25.6 Å². The van der Waals surface area contributed by atoms with Crippen LogP contribution in [0.1, 0.15) is 277 Å². The van der Waals surface area contributed by atoms with E-state index in [1.54, 1.807) is 0 Å². The molecule has 0 aromatic heterocycles. The Labute approximate surface area is 487 Å². The lowest BCUT2D eigenvalue weighted by Crippen LogP contribution is -2.61. The first kappa shape index (κ1) is 74.3. The second-order valence-electron chi connectivity index (χ2n) is 23.3. The molecule has 0 aromatic rings. The first-order chi connectivity index (χ1) is 39.1. The molecule has 0 spiro atoms. The number of carbonyl (C=O) groups excluding carboxylic acids is 1. The molecule has 2 aliphatic heterocycles. The lowest BCUT2D eigenvalue weighted by Gasteiger charge is -2.42. The minimum atomic E-state index is -1.71. The van der Waals surface area contributed by atoms with Crippen LogP contribution in [0, 0.1) is 0 Å². The summed E-state index contributed by atoms with van der Waals surface area (Å²) in [6.07, 6.45) is 47.8. The van der Waals surface area contributed by atoms with Gasteiger partial charge in [0.15, 0.2) is 12.6 Å². The zero-order valence-corrected chi connectivity index (χ0v) is 50.8. The minimum Gasteiger partial charge on any atom is -0.457 e. The quantitative estimate of drug-likeness (QED) is 0.0172. The number of hydrogen-bond donors (Lipinski definition) is 7. The molecule has 2 aliphatic rings. The van der Waals surface area contributed by atoms with Crippen LogP contribution in [0.4, 0.5) is 0 Å². The van der Waals surface area contributed by atoms with Crippen molar-refractivity contribution in [2.75, 3.05) is 33.0 Å². The Balaban J connectivity index is 1.66. The van der Waals surface area contributed by atoms with Gasteiger partial charge in [-0.05, 0) is 51.4 Å². The van der Waals surface area contributed by atoms with Crippen LogP contribution in [-0.2, 0) is 33.2 Å². The maximum Gasteiger partial charge on any atom is 0.306 e. The van der Waals surface area contributed by atoms with E-state index in [1.165, 1.54) is 193 Å². The van der Waals surface area contributed by atoms with E-state index in [2.05, 4.69) is 50.3 Å². The molecule has 2 heterocycles. The van der Waals surface area contributed by atoms with Gasteiger partial charge in [0.05, 0.1) is 26.4 Å². The maximum absolute atomic E-state index is 13.1. The van der Waals surface area contributed by atoms with Gasteiger partial charge in [-0.15, -0.1) is 0 Å². The van der Waals surface area contributed by atoms with Crippen molar-refractivity contribution >= 4 is 5.97 Å². The number of carbonyl (C=O) groups is 1. The number of ether oxygens (including phenoxy) is 6. The Kier molecular flexibility index (Phi) is 49.0. The Morgan fingerprint density at radius 3 is 1.21 bits per heavy atom. The van der Waals surface area contributed by atoms with Crippen molar-refractivity contribution < 1.29 is 69.0 Å². The first-order valence-corrected chi connectivity index (χ1v) is 33.1. The SMILES string of the molecule is CCCCCCC/C=C\C/C=C\C/C=C\CCCCCCCCCOCC(COC1OC(COC2OC(CO)C(O)C(O)C2O)C(O)C(O)C1O)OC(=O)CCCCCCCCCCCCCCCCCCCCCCCCCC. The van der Waals surface area contributed by atoms with Gasteiger partial charge in [0, 0.05) is 13.0 Å². The first-order valence-electron chi connectivity index (χ1n) is 33.1. The molecule has 2 saturated heterocycles. The van der Waals surface area contributed by atoms with E-state index in [1.807, 2.05) is 0 Å². The fraction of sp³-hybridized carbons (Fsp3) is 0.894. The molecule has 0 aliphatic carbocycles. The number of esters is 1. The van der Waals surface area contributed by atoms with Crippen LogP contribution in [0.5, 0.6) is 0 Å². The summed E-state index contributed by atoms with van der Waals surface area (Å²) in [7, 11) is 0. The summed E-state index contributed by atoms with van der Waals surface area (Å²) in [4.78, 5) is 13.1. The summed E-state index contributed by atoms with van der Waals surface area (Å²) in [6, 6.07) is 0. The van der Waals surface area contributed by atoms with Gasteiger partial charge in [0.2, 0.25) is 0 Å². The third kappa shape index (κ3) is 38.2. The highest BCUT2D eigenvalue weighted by Gasteiger charge is 2.47. The van der Waals surface area contributed by atoms with Crippen molar-refractivity contribution in [2.24, 2.45) is 0 Å². The smallest absolute Gasteiger partial charge is 0.306 e. The molecule has 11 unspecified atom stereocenters. The Hall–Kier alpha value is -1.79. The molecule has 80 heavy (non-hydrogen) atoms. The molecular formula is C66H122O14. The fourth-order valence-electron chi connectivity index (χ4n) is 10.6. The molecule has 2 fully saturated rings. The molecule has 470 valence electrons. The van der Waals surface area contributed by atoms with Crippen LogP contribution >= 0.6 is 0 Å².